The molecule has 2 rings (SSSR count). The van der Waals surface area contributed by atoms with Crippen LogP contribution in [0.15, 0.2) is 24.3 Å². The average molecular weight is 398 g/mol. The minimum atomic E-state index is -1.05. The monoisotopic (exact) mass is 398 g/mol. The molecule has 154 valence electrons. The summed E-state index contributed by atoms with van der Waals surface area (Å²) in [6.07, 6.45) is 0. The molecule has 1 aliphatic rings. The predicted molar refractivity (Wildman–Crippen MR) is 108 cm³/mol. The second-order valence-corrected chi connectivity index (χ2v) is 6.71. The zero-order chi connectivity index (χ0) is 21.2. The maximum Gasteiger partial charge on any atom is 0.267 e. The summed E-state index contributed by atoms with van der Waals surface area (Å²) < 4.78 is 5.33. The van der Waals surface area contributed by atoms with Gasteiger partial charge < -0.3 is 15.8 Å². The number of rotatable bonds is 5. The van der Waals surface area contributed by atoms with Crippen LogP contribution < -0.4 is 16.5 Å². The van der Waals surface area contributed by atoms with Crippen molar-refractivity contribution >= 4 is 11.8 Å². The molecule has 8 heteroatoms. The van der Waals surface area contributed by atoms with E-state index in [1.807, 2.05) is 6.92 Å². The second-order valence-electron chi connectivity index (χ2n) is 6.71. The topological polar surface area (TPSA) is 117 Å². The zero-order valence-corrected chi connectivity index (χ0v) is 16.6. The Kier molecular flexibility index (Phi) is 8.66. The second kappa shape index (κ2) is 11.2. The molecule has 1 saturated heterocycles. The summed E-state index contributed by atoms with van der Waals surface area (Å²) in [5, 5.41) is 11.2. The molecule has 1 heterocycles. The van der Waals surface area contributed by atoms with Crippen LogP contribution in [0.4, 0.5) is 0 Å². The summed E-state index contributed by atoms with van der Waals surface area (Å²) in [4.78, 5) is 26.1. The number of nitrogens with zero attached hydrogens (tertiary/aromatic N) is 1. The molecule has 3 atom stereocenters. The Bertz CT molecular complexity index is 824. The molecule has 0 aromatic heterocycles. The molecule has 8 nitrogen and oxygen atoms in total. The number of nitrogens with one attached hydrogen (secondary N) is 2. The number of benzene rings is 1. The molecular formula is C21H26N4O4. The maximum atomic E-state index is 12.3. The summed E-state index contributed by atoms with van der Waals surface area (Å²) in [5.74, 6) is 10.5. The normalized spacial score (nSPS) is 16.8. The number of nitrogens with two attached hydrogens (primary N) is 1. The molecule has 0 aliphatic carbocycles. The van der Waals surface area contributed by atoms with E-state index in [1.54, 1.807) is 31.2 Å². The number of hydrogen-bond donors (Lipinski definition) is 4. The van der Waals surface area contributed by atoms with Crippen LogP contribution in [0.1, 0.15) is 29.8 Å². The minimum absolute atomic E-state index is 0.119. The van der Waals surface area contributed by atoms with Crippen molar-refractivity contribution in [1.82, 2.24) is 15.7 Å². The molecule has 1 aliphatic heterocycles. The van der Waals surface area contributed by atoms with E-state index in [2.05, 4.69) is 33.9 Å². The van der Waals surface area contributed by atoms with Gasteiger partial charge >= 0.3 is 0 Å². The molecule has 0 radical (unpaired) electrons. The molecular weight excluding hydrogens is 372 g/mol. The van der Waals surface area contributed by atoms with Crippen molar-refractivity contribution in [2.75, 3.05) is 26.3 Å². The Balaban J connectivity index is 1.95. The van der Waals surface area contributed by atoms with Gasteiger partial charge in [-0.3, -0.25) is 19.7 Å². The Hall–Kier alpha value is -2.88. The fourth-order valence-corrected chi connectivity index (χ4v) is 2.73. The smallest absolute Gasteiger partial charge is 0.267 e. The predicted octanol–water partition coefficient (Wildman–Crippen LogP) is -0.287. The van der Waals surface area contributed by atoms with E-state index in [0.29, 0.717) is 11.1 Å². The highest BCUT2D eigenvalue weighted by Crippen LogP contribution is 2.05. The number of morpholine rings is 1. The van der Waals surface area contributed by atoms with Crippen molar-refractivity contribution in [3.8, 4) is 23.7 Å². The minimum Gasteiger partial charge on any atom is -0.379 e. The number of carbonyl (C=O) groups is 2. The van der Waals surface area contributed by atoms with Gasteiger partial charge in [0, 0.05) is 30.3 Å². The van der Waals surface area contributed by atoms with Crippen LogP contribution in [0.5, 0.6) is 0 Å². The largest absolute Gasteiger partial charge is 0.379 e. The van der Waals surface area contributed by atoms with Crippen LogP contribution in [0.25, 0.3) is 0 Å². The van der Waals surface area contributed by atoms with E-state index < -0.39 is 23.9 Å². The van der Waals surface area contributed by atoms with E-state index in [1.165, 1.54) is 5.48 Å². The lowest BCUT2D eigenvalue weighted by molar-refractivity contribution is -0.131. The Morgan fingerprint density at radius 1 is 1.17 bits per heavy atom. The lowest BCUT2D eigenvalue weighted by Gasteiger charge is -2.29. The summed E-state index contributed by atoms with van der Waals surface area (Å²) in [5.41, 5.74) is 8.23. The highest BCUT2D eigenvalue weighted by molar-refractivity contribution is 5.97. The number of hydroxylamine groups is 1. The number of amides is 2. The van der Waals surface area contributed by atoms with E-state index >= 15 is 0 Å². The molecule has 1 aromatic rings. The van der Waals surface area contributed by atoms with Crippen molar-refractivity contribution in [3.05, 3.63) is 35.4 Å². The Morgan fingerprint density at radius 2 is 1.83 bits per heavy atom. The zero-order valence-electron chi connectivity index (χ0n) is 16.6. The molecule has 1 fully saturated rings. The summed E-state index contributed by atoms with van der Waals surface area (Å²) in [7, 11) is 0. The van der Waals surface area contributed by atoms with Crippen LogP contribution >= 0.6 is 0 Å². The first-order valence-corrected chi connectivity index (χ1v) is 9.36. The third-order valence-electron chi connectivity index (χ3n) is 4.50. The summed E-state index contributed by atoms with van der Waals surface area (Å²) in [6, 6.07) is 4.99. The lowest BCUT2D eigenvalue weighted by Crippen LogP contribution is -2.54. The van der Waals surface area contributed by atoms with Crippen LogP contribution in [-0.4, -0.2) is 66.4 Å². The van der Waals surface area contributed by atoms with Crippen LogP contribution in [0, 0.1) is 23.7 Å². The van der Waals surface area contributed by atoms with Crippen molar-refractivity contribution in [2.45, 2.75) is 32.0 Å². The molecule has 2 amide bonds. The highest BCUT2D eigenvalue weighted by atomic mass is 16.5. The van der Waals surface area contributed by atoms with Gasteiger partial charge in [0.2, 0.25) is 0 Å². The molecule has 0 bridgehead atoms. The number of hydrogen-bond acceptors (Lipinski definition) is 6. The van der Waals surface area contributed by atoms with E-state index in [-0.39, 0.29) is 6.04 Å². The van der Waals surface area contributed by atoms with Crippen molar-refractivity contribution in [2.24, 2.45) is 5.73 Å². The van der Waals surface area contributed by atoms with Crippen LogP contribution in [0.3, 0.4) is 0 Å². The fourth-order valence-electron chi connectivity index (χ4n) is 2.73. The lowest BCUT2D eigenvalue weighted by atomic mass is 10.1. The van der Waals surface area contributed by atoms with Gasteiger partial charge in [0.15, 0.2) is 0 Å². The van der Waals surface area contributed by atoms with Gasteiger partial charge in [-0.25, -0.2) is 5.48 Å². The van der Waals surface area contributed by atoms with Crippen LogP contribution in [0.2, 0.25) is 0 Å². The van der Waals surface area contributed by atoms with Gasteiger partial charge in [-0.05, 0) is 50.0 Å². The molecule has 0 unspecified atom stereocenters. The number of carbonyl (C=O) groups excluding carboxylic acids is 2. The third kappa shape index (κ3) is 6.90. The standard InChI is InChI=1S/C21H26N4O4/c1-15(25-11-13-29-14-12-25)5-3-4-6-17-7-9-18(10-8-17)20(26)23-19(16(2)22)21(27)24-28/h7-10,15-16,19,28H,11-14,22H2,1-2H3,(H,23,26)(H,24,27)/t15-,16+,19-/m0/s1. The van der Waals surface area contributed by atoms with Crippen LogP contribution in [-0.2, 0) is 9.53 Å². The Labute approximate surface area is 170 Å². The average Bonchev–Trinajstić information content (AvgIpc) is 2.75. The van der Waals surface area contributed by atoms with E-state index in [9.17, 15) is 9.59 Å². The van der Waals surface area contributed by atoms with Crippen molar-refractivity contribution in [1.29, 1.82) is 0 Å². The summed E-state index contributed by atoms with van der Waals surface area (Å²) in [6.45, 7) is 6.80. The number of ether oxygens (including phenoxy) is 1. The van der Waals surface area contributed by atoms with Crippen molar-refractivity contribution in [3.63, 3.8) is 0 Å². The van der Waals surface area contributed by atoms with Gasteiger partial charge in [-0.2, -0.15) is 0 Å². The molecule has 1 aromatic carbocycles. The quantitative estimate of drug-likeness (QED) is 0.308. The van der Waals surface area contributed by atoms with Crippen molar-refractivity contribution < 1.29 is 19.5 Å². The van der Waals surface area contributed by atoms with Gasteiger partial charge in [0.25, 0.3) is 11.8 Å². The first-order valence-electron chi connectivity index (χ1n) is 9.36. The fraction of sp³-hybridized carbons (Fsp3) is 0.429. The summed E-state index contributed by atoms with van der Waals surface area (Å²) >= 11 is 0. The first kappa shape index (κ1) is 22.4. The van der Waals surface area contributed by atoms with E-state index in [0.717, 1.165) is 26.3 Å². The molecule has 0 spiro atoms. The SMILES string of the molecule is C[C@@H](N)[C@H](NC(=O)c1ccc(C#CC#C[C@H](C)N2CCOCC2)cc1)C(=O)NO. The molecule has 0 saturated carbocycles. The first-order chi connectivity index (χ1) is 13.9. The Morgan fingerprint density at radius 3 is 2.41 bits per heavy atom. The van der Waals surface area contributed by atoms with Gasteiger partial charge in [0.05, 0.1) is 19.3 Å². The van der Waals surface area contributed by atoms with Gasteiger partial charge in [0.1, 0.15) is 6.04 Å². The van der Waals surface area contributed by atoms with E-state index in [4.69, 9.17) is 15.7 Å². The molecule has 5 N–H and O–H groups in total. The third-order valence-corrected chi connectivity index (χ3v) is 4.50. The highest BCUT2D eigenvalue weighted by Gasteiger charge is 2.24. The molecule has 29 heavy (non-hydrogen) atoms. The maximum absolute atomic E-state index is 12.3. The van der Waals surface area contributed by atoms with Gasteiger partial charge in [-0.1, -0.05) is 11.8 Å². The van der Waals surface area contributed by atoms with Gasteiger partial charge in [-0.15, -0.1) is 0 Å².